The summed E-state index contributed by atoms with van der Waals surface area (Å²) in [5.74, 6) is -0.184. The molecule has 0 saturated carbocycles. The number of carbonyl (C=O) groups excluding carboxylic acids is 2. The van der Waals surface area contributed by atoms with E-state index in [2.05, 4.69) is 4.98 Å². The number of aliphatic imine (C=N–C) groups is 1. The zero-order valence-electron chi connectivity index (χ0n) is 23.2. The Balaban J connectivity index is 1.64. The van der Waals surface area contributed by atoms with Crippen molar-refractivity contribution in [1.29, 1.82) is 0 Å². The van der Waals surface area contributed by atoms with Gasteiger partial charge in [-0.1, -0.05) is 17.7 Å². The molecule has 4 heterocycles. The van der Waals surface area contributed by atoms with Gasteiger partial charge >= 0.3 is 18.2 Å². The predicted molar refractivity (Wildman–Crippen MR) is 143 cm³/mol. The van der Waals surface area contributed by atoms with Gasteiger partial charge in [-0.05, 0) is 65.3 Å². The lowest BCUT2D eigenvalue weighted by molar-refractivity contribution is -0.185. The van der Waals surface area contributed by atoms with E-state index in [4.69, 9.17) is 40.3 Å². The topological polar surface area (TPSA) is 109 Å². The minimum Gasteiger partial charge on any atom is -0.492 e. The molecule has 40 heavy (non-hydrogen) atoms. The van der Waals surface area contributed by atoms with Crippen molar-refractivity contribution in [3.63, 3.8) is 0 Å². The first-order valence-electron chi connectivity index (χ1n) is 12.8. The lowest BCUT2D eigenvalue weighted by atomic mass is 9.64. The maximum Gasteiger partial charge on any atom is 0.428 e. The summed E-state index contributed by atoms with van der Waals surface area (Å²) in [4.78, 5) is 35.8. The van der Waals surface area contributed by atoms with Gasteiger partial charge in [0.15, 0.2) is 0 Å². The summed E-state index contributed by atoms with van der Waals surface area (Å²) in [5.41, 5.74) is -2.34. The largest absolute Gasteiger partial charge is 0.492 e. The van der Waals surface area contributed by atoms with Crippen LogP contribution in [0.15, 0.2) is 35.5 Å². The highest BCUT2D eigenvalue weighted by atomic mass is 35.5. The molecule has 214 valence electrons. The van der Waals surface area contributed by atoms with Gasteiger partial charge in [-0.25, -0.2) is 19.6 Å². The summed E-state index contributed by atoms with van der Waals surface area (Å²) >= 11 is 6.11. The van der Waals surface area contributed by atoms with Crippen LogP contribution in [0.3, 0.4) is 0 Å². The molecule has 12 heteroatoms. The van der Waals surface area contributed by atoms with Crippen molar-refractivity contribution in [3.05, 3.63) is 47.0 Å². The second-order valence-corrected chi connectivity index (χ2v) is 12.5. The van der Waals surface area contributed by atoms with Crippen molar-refractivity contribution in [3.8, 4) is 16.9 Å². The van der Waals surface area contributed by atoms with E-state index in [0.717, 1.165) is 0 Å². The number of fused-ring (bicyclic) bond motifs is 3. The Morgan fingerprint density at radius 2 is 1.62 bits per heavy atom. The number of aromatic nitrogens is 1. The quantitative estimate of drug-likeness (QED) is 0.398. The third-order valence-electron chi connectivity index (χ3n) is 6.72. The zero-order valence-corrected chi connectivity index (χ0v) is 23.9. The van der Waals surface area contributed by atoms with Crippen molar-refractivity contribution in [1.82, 2.24) is 9.88 Å². The Labute approximate surface area is 236 Å². The van der Waals surface area contributed by atoms with Gasteiger partial charge in [-0.3, -0.25) is 0 Å². The van der Waals surface area contributed by atoms with Crippen LogP contribution in [0.1, 0.15) is 47.1 Å². The SMILES string of the molecule is CC(C)(C)OC(=O)N(C(=O)OC(C)(C)C)C1=NC2(CO1)c1cc(-c3cc(Cl)cnc3F)ccc1OCC21COC1. The monoisotopic (exact) mass is 575 g/mol. The van der Waals surface area contributed by atoms with Crippen LogP contribution in [0.5, 0.6) is 5.75 Å². The smallest absolute Gasteiger partial charge is 0.428 e. The number of hydrogen-bond donors (Lipinski definition) is 0. The Kier molecular flexibility index (Phi) is 6.74. The van der Waals surface area contributed by atoms with Crippen LogP contribution >= 0.6 is 11.6 Å². The molecule has 3 aliphatic rings. The number of carbonyl (C=O) groups is 2. The lowest BCUT2D eigenvalue weighted by Gasteiger charge is -2.53. The molecule has 10 nitrogen and oxygen atoms in total. The number of rotatable bonds is 1. The highest BCUT2D eigenvalue weighted by Crippen LogP contribution is 2.56. The number of ether oxygens (including phenoxy) is 5. The van der Waals surface area contributed by atoms with Gasteiger partial charge in [-0.2, -0.15) is 4.39 Å². The molecule has 1 atom stereocenters. The number of halogens is 2. The predicted octanol–water partition coefficient (Wildman–Crippen LogP) is 5.70. The summed E-state index contributed by atoms with van der Waals surface area (Å²) in [7, 11) is 0. The Hall–Kier alpha value is -3.44. The molecule has 2 amide bonds. The van der Waals surface area contributed by atoms with Crippen molar-refractivity contribution in [2.75, 3.05) is 26.4 Å². The lowest BCUT2D eigenvalue weighted by Crippen LogP contribution is -2.63. The van der Waals surface area contributed by atoms with E-state index in [1.165, 1.54) is 12.3 Å². The molecule has 2 aromatic rings. The van der Waals surface area contributed by atoms with Gasteiger partial charge in [0, 0.05) is 17.3 Å². The first kappa shape index (κ1) is 28.1. The van der Waals surface area contributed by atoms with E-state index in [1.807, 2.05) is 0 Å². The molecule has 3 aliphatic heterocycles. The Morgan fingerprint density at radius 1 is 0.975 bits per heavy atom. The molecule has 0 N–H and O–H groups in total. The molecule has 5 rings (SSSR count). The van der Waals surface area contributed by atoms with E-state index in [9.17, 15) is 14.0 Å². The van der Waals surface area contributed by atoms with Crippen LogP contribution in [0, 0.1) is 11.4 Å². The van der Waals surface area contributed by atoms with E-state index in [-0.39, 0.29) is 29.8 Å². The van der Waals surface area contributed by atoms with Gasteiger partial charge in [0.2, 0.25) is 5.95 Å². The summed E-state index contributed by atoms with van der Waals surface area (Å²) in [6, 6.07) is 6.37. The number of pyridine rings is 1. The molecular formula is C28H31ClFN3O7. The van der Waals surface area contributed by atoms with E-state index >= 15 is 0 Å². The van der Waals surface area contributed by atoms with Crippen molar-refractivity contribution in [2.24, 2.45) is 10.4 Å². The van der Waals surface area contributed by atoms with Crippen LogP contribution < -0.4 is 4.74 Å². The number of hydrogen-bond acceptors (Lipinski definition) is 9. The molecule has 1 aromatic heterocycles. The molecule has 0 aliphatic carbocycles. The van der Waals surface area contributed by atoms with Crippen LogP contribution in [0.25, 0.3) is 11.1 Å². The second kappa shape index (κ2) is 9.59. The number of amides is 2. The first-order chi connectivity index (χ1) is 18.6. The highest BCUT2D eigenvalue weighted by molar-refractivity contribution is 6.30. The average molecular weight is 576 g/mol. The average Bonchev–Trinajstić information content (AvgIpc) is 3.22. The van der Waals surface area contributed by atoms with Gasteiger partial charge in [0.05, 0.1) is 23.7 Å². The minimum absolute atomic E-state index is 0.0378. The van der Waals surface area contributed by atoms with Crippen LogP contribution in [0.4, 0.5) is 14.0 Å². The summed E-state index contributed by atoms with van der Waals surface area (Å²) in [5, 5.41) is 0.277. The van der Waals surface area contributed by atoms with Gasteiger partial charge in [-0.15, -0.1) is 4.90 Å². The van der Waals surface area contributed by atoms with Gasteiger partial charge in [0.25, 0.3) is 0 Å². The third-order valence-corrected chi connectivity index (χ3v) is 6.93. The summed E-state index contributed by atoms with van der Waals surface area (Å²) in [6.07, 6.45) is -0.762. The Morgan fingerprint density at radius 3 is 2.20 bits per heavy atom. The second-order valence-electron chi connectivity index (χ2n) is 12.1. The van der Waals surface area contributed by atoms with E-state index < -0.39 is 40.3 Å². The fourth-order valence-corrected chi connectivity index (χ4v) is 4.99. The first-order valence-corrected chi connectivity index (χ1v) is 13.2. The van der Waals surface area contributed by atoms with Gasteiger partial charge < -0.3 is 23.7 Å². The zero-order chi connectivity index (χ0) is 29.1. The molecule has 1 aromatic carbocycles. The Bertz CT molecular complexity index is 1370. The van der Waals surface area contributed by atoms with Crippen LogP contribution in [0.2, 0.25) is 5.02 Å². The molecule has 0 bridgehead atoms. The molecule has 0 radical (unpaired) electrons. The molecule has 1 unspecified atom stereocenters. The van der Waals surface area contributed by atoms with Crippen LogP contribution in [-0.2, 0) is 24.5 Å². The fraction of sp³-hybridized carbons (Fsp3) is 0.500. The molecule has 1 fully saturated rings. The maximum absolute atomic E-state index is 14.7. The minimum atomic E-state index is -1.13. The van der Waals surface area contributed by atoms with E-state index in [1.54, 1.807) is 59.7 Å². The van der Waals surface area contributed by atoms with Crippen LogP contribution in [-0.4, -0.2) is 65.7 Å². The number of nitrogens with zero attached hydrogens (tertiary/aromatic N) is 3. The normalized spacial score (nSPS) is 21.1. The maximum atomic E-state index is 14.7. The highest BCUT2D eigenvalue weighted by Gasteiger charge is 2.65. The van der Waals surface area contributed by atoms with Gasteiger partial charge in [0.1, 0.15) is 35.7 Å². The van der Waals surface area contributed by atoms with Crippen molar-refractivity contribution < 1.29 is 37.7 Å². The molecule has 1 saturated heterocycles. The fourth-order valence-electron chi connectivity index (χ4n) is 4.83. The summed E-state index contributed by atoms with van der Waals surface area (Å²) < 4.78 is 43.4. The van der Waals surface area contributed by atoms with Crippen molar-refractivity contribution in [2.45, 2.75) is 58.3 Å². The third kappa shape index (κ3) is 4.96. The number of amidine groups is 1. The standard InChI is InChI=1S/C28H31ClFN3O7/c1-25(2,3)39-23(34)33(24(35)40-26(4,5)6)22-32-28(15-38-22)19-9-16(18-10-17(29)11-31-21(18)30)7-8-20(19)37-14-27(28)12-36-13-27/h7-11H,12-15H2,1-6H3. The van der Waals surface area contributed by atoms with Crippen molar-refractivity contribution >= 4 is 29.8 Å². The number of imide groups is 1. The summed E-state index contributed by atoms with van der Waals surface area (Å²) in [6.45, 7) is 10.9. The van der Waals surface area contributed by atoms with E-state index in [0.29, 0.717) is 35.0 Å². The number of benzene rings is 1. The molecular weight excluding hydrogens is 545 g/mol. The molecule has 2 spiro atoms.